The molecule has 1 atom stereocenters. The first-order valence-corrected chi connectivity index (χ1v) is 7.68. The van der Waals surface area contributed by atoms with Gasteiger partial charge in [-0.2, -0.15) is 0 Å². The van der Waals surface area contributed by atoms with Crippen LogP contribution in [0.4, 0.5) is 4.39 Å². The Bertz CT molecular complexity index is 615. The van der Waals surface area contributed by atoms with E-state index >= 15 is 0 Å². The van der Waals surface area contributed by atoms with Gasteiger partial charge in [-0.05, 0) is 64.3 Å². The molecule has 0 amide bonds. The molecule has 0 spiro atoms. The Morgan fingerprint density at radius 1 is 1.29 bits per heavy atom. The number of hydrogen-bond donors (Lipinski definition) is 1. The molecule has 0 saturated carbocycles. The summed E-state index contributed by atoms with van der Waals surface area (Å²) in [4.78, 5) is 0. The van der Waals surface area contributed by atoms with E-state index in [2.05, 4.69) is 28.2 Å². The van der Waals surface area contributed by atoms with E-state index in [1.165, 1.54) is 12.1 Å². The van der Waals surface area contributed by atoms with Crippen molar-refractivity contribution in [2.24, 2.45) is 0 Å². The number of nitrogens with one attached hydrogen (secondary N) is 1. The number of hydrogen-bond acceptors (Lipinski definition) is 2. The van der Waals surface area contributed by atoms with E-state index in [9.17, 15) is 4.39 Å². The molecule has 1 unspecified atom stereocenters. The SMILES string of the molecule is COc1ccc(C(C)NCc2cc(F)cc(Cl)c2)cc1Br. The number of halogens is 3. The Kier molecular flexibility index (Phi) is 5.62. The molecule has 0 aliphatic rings. The Balaban J connectivity index is 2.04. The summed E-state index contributed by atoms with van der Waals surface area (Å²) in [6.45, 7) is 2.59. The van der Waals surface area contributed by atoms with E-state index in [0.717, 1.165) is 21.3 Å². The third-order valence-electron chi connectivity index (χ3n) is 3.21. The first-order valence-electron chi connectivity index (χ1n) is 6.51. The highest BCUT2D eigenvalue weighted by Gasteiger charge is 2.09. The minimum atomic E-state index is -0.320. The molecular weight excluding hydrogens is 357 g/mol. The van der Waals surface area contributed by atoms with Gasteiger partial charge >= 0.3 is 0 Å². The molecule has 2 aromatic rings. The Morgan fingerprint density at radius 2 is 2.05 bits per heavy atom. The van der Waals surface area contributed by atoms with Crippen LogP contribution in [-0.4, -0.2) is 7.11 Å². The molecule has 0 aliphatic carbocycles. The van der Waals surface area contributed by atoms with Crippen LogP contribution in [0.3, 0.4) is 0 Å². The van der Waals surface area contributed by atoms with Gasteiger partial charge in [0.15, 0.2) is 0 Å². The topological polar surface area (TPSA) is 21.3 Å². The average Bonchev–Trinajstić information content (AvgIpc) is 2.43. The second-order valence-corrected chi connectivity index (χ2v) is 6.07. The van der Waals surface area contributed by atoms with Crippen LogP contribution in [0.5, 0.6) is 5.75 Å². The number of ether oxygens (including phenoxy) is 1. The predicted octanol–water partition coefficient (Wildman–Crippen LogP) is 5.10. The van der Waals surface area contributed by atoms with Crippen LogP contribution < -0.4 is 10.1 Å². The van der Waals surface area contributed by atoms with E-state index in [-0.39, 0.29) is 11.9 Å². The van der Waals surface area contributed by atoms with Gasteiger partial charge < -0.3 is 10.1 Å². The third kappa shape index (κ3) is 4.43. The van der Waals surface area contributed by atoms with E-state index in [0.29, 0.717) is 11.6 Å². The van der Waals surface area contributed by atoms with Crippen molar-refractivity contribution in [3.05, 3.63) is 62.8 Å². The first kappa shape index (κ1) is 16.3. The van der Waals surface area contributed by atoms with Crippen LogP contribution in [0.2, 0.25) is 5.02 Å². The summed E-state index contributed by atoms with van der Waals surface area (Å²) in [7, 11) is 1.63. The van der Waals surface area contributed by atoms with Gasteiger partial charge in [-0.25, -0.2) is 4.39 Å². The molecule has 112 valence electrons. The molecule has 1 N–H and O–H groups in total. The molecule has 0 saturated heterocycles. The van der Waals surface area contributed by atoms with Gasteiger partial charge in [0.1, 0.15) is 11.6 Å². The molecule has 0 heterocycles. The molecule has 0 aromatic heterocycles. The summed E-state index contributed by atoms with van der Waals surface area (Å²) in [6, 6.07) is 10.6. The van der Waals surface area contributed by atoms with Crippen molar-refractivity contribution >= 4 is 27.5 Å². The Labute approximate surface area is 137 Å². The van der Waals surface area contributed by atoms with Crippen LogP contribution in [0, 0.1) is 5.82 Å². The summed E-state index contributed by atoms with van der Waals surface area (Å²) in [5.41, 5.74) is 1.93. The molecule has 0 aliphatic heterocycles. The van der Waals surface area contributed by atoms with Gasteiger partial charge in [0.2, 0.25) is 0 Å². The van der Waals surface area contributed by atoms with Crippen molar-refractivity contribution in [2.45, 2.75) is 19.5 Å². The van der Waals surface area contributed by atoms with Crippen molar-refractivity contribution in [3.63, 3.8) is 0 Å². The highest BCUT2D eigenvalue weighted by molar-refractivity contribution is 9.10. The number of rotatable bonds is 5. The standard InChI is InChI=1S/C16H16BrClFNO/c1-10(12-3-4-16(21-2)15(17)7-12)20-9-11-5-13(18)8-14(19)6-11/h3-8,10,20H,9H2,1-2H3. The monoisotopic (exact) mass is 371 g/mol. The van der Waals surface area contributed by atoms with Gasteiger partial charge in [-0.3, -0.25) is 0 Å². The molecule has 0 bridgehead atoms. The van der Waals surface area contributed by atoms with Crippen LogP contribution >= 0.6 is 27.5 Å². The molecule has 21 heavy (non-hydrogen) atoms. The van der Waals surface area contributed by atoms with Gasteiger partial charge in [-0.15, -0.1) is 0 Å². The fraction of sp³-hybridized carbons (Fsp3) is 0.250. The van der Waals surface area contributed by atoms with Gasteiger partial charge in [-0.1, -0.05) is 17.7 Å². The largest absolute Gasteiger partial charge is 0.496 e. The smallest absolute Gasteiger partial charge is 0.133 e. The van der Waals surface area contributed by atoms with E-state index in [1.54, 1.807) is 13.2 Å². The average molecular weight is 373 g/mol. The lowest BCUT2D eigenvalue weighted by Gasteiger charge is -2.16. The van der Waals surface area contributed by atoms with Crippen molar-refractivity contribution in [1.82, 2.24) is 5.32 Å². The molecule has 5 heteroatoms. The van der Waals surface area contributed by atoms with E-state index in [1.807, 2.05) is 18.2 Å². The van der Waals surface area contributed by atoms with Crippen LogP contribution in [0.25, 0.3) is 0 Å². The van der Waals surface area contributed by atoms with Crippen molar-refractivity contribution in [1.29, 1.82) is 0 Å². The minimum absolute atomic E-state index is 0.120. The maximum absolute atomic E-state index is 13.3. The van der Waals surface area contributed by atoms with Crippen molar-refractivity contribution in [3.8, 4) is 5.75 Å². The normalized spacial score (nSPS) is 12.2. The quantitative estimate of drug-likeness (QED) is 0.788. The number of methoxy groups -OCH3 is 1. The maximum Gasteiger partial charge on any atom is 0.133 e. The third-order valence-corrected chi connectivity index (χ3v) is 4.05. The Morgan fingerprint density at radius 3 is 2.67 bits per heavy atom. The van der Waals surface area contributed by atoms with Crippen molar-refractivity contribution in [2.75, 3.05) is 7.11 Å². The summed E-state index contributed by atoms with van der Waals surface area (Å²) in [5, 5.41) is 3.76. The lowest BCUT2D eigenvalue weighted by Crippen LogP contribution is -2.18. The van der Waals surface area contributed by atoms with Crippen LogP contribution in [0.1, 0.15) is 24.1 Å². The van der Waals surface area contributed by atoms with Gasteiger partial charge in [0.25, 0.3) is 0 Å². The van der Waals surface area contributed by atoms with Crippen LogP contribution in [-0.2, 0) is 6.54 Å². The minimum Gasteiger partial charge on any atom is -0.496 e. The first-order chi connectivity index (χ1) is 9.99. The maximum atomic E-state index is 13.3. The lowest BCUT2D eigenvalue weighted by molar-refractivity contribution is 0.411. The summed E-state index contributed by atoms with van der Waals surface area (Å²) < 4.78 is 19.4. The molecule has 2 aromatic carbocycles. The molecular formula is C16H16BrClFNO. The predicted molar refractivity (Wildman–Crippen MR) is 87.4 cm³/mol. The zero-order valence-electron chi connectivity index (χ0n) is 11.8. The molecule has 2 rings (SSSR count). The van der Waals surface area contributed by atoms with E-state index < -0.39 is 0 Å². The fourth-order valence-electron chi connectivity index (χ4n) is 2.05. The summed E-state index contributed by atoms with van der Waals surface area (Å²) in [5.74, 6) is 0.474. The lowest BCUT2D eigenvalue weighted by atomic mass is 10.1. The van der Waals surface area contributed by atoms with Gasteiger partial charge in [0, 0.05) is 17.6 Å². The zero-order chi connectivity index (χ0) is 15.4. The highest BCUT2D eigenvalue weighted by Crippen LogP contribution is 2.28. The molecule has 2 nitrogen and oxygen atoms in total. The fourth-order valence-corrected chi connectivity index (χ4v) is 2.86. The Hall–Kier alpha value is -1.10. The van der Waals surface area contributed by atoms with Crippen molar-refractivity contribution < 1.29 is 9.13 Å². The van der Waals surface area contributed by atoms with Gasteiger partial charge in [0.05, 0.1) is 11.6 Å². The zero-order valence-corrected chi connectivity index (χ0v) is 14.1. The summed E-state index contributed by atoms with van der Waals surface area (Å²) >= 11 is 9.32. The number of benzene rings is 2. The van der Waals surface area contributed by atoms with Crippen LogP contribution in [0.15, 0.2) is 40.9 Å². The second-order valence-electron chi connectivity index (χ2n) is 4.77. The molecule has 0 fully saturated rings. The second kappa shape index (κ2) is 7.25. The molecule has 0 radical (unpaired) electrons. The van der Waals surface area contributed by atoms with E-state index in [4.69, 9.17) is 16.3 Å². The summed E-state index contributed by atoms with van der Waals surface area (Å²) in [6.07, 6.45) is 0. The highest BCUT2D eigenvalue weighted by atomic mass is 79.9.